The van der Waals surface area contributed by atoms with Crippen LogP contribution in [0.15, 0.2) is 42.5 Å². The number of aryl methyl sites for hydroxylation is 1. The molecule has 9 heteroatoms. The Bertz CT molecular complexity index is 1030. The average Bonchev–Trinajstić information content (AvgIpc) is 3.34. The molecule has 2 aliphatic rings. The summed E-state index contributed by atoms with van der Waals surface area (Å²) in [6, 6.07) is 11.1. The first-order valence-electron chi connectivity index (χ1n) is 9.92. The lowest BCUT2D eigenvalue weighted by molar-refractivity contribution is -0.115. The minimum Gasteiger partial charge on any atom is -0.465 e. The Morgan fingerprint density at radius 1 is 1.19 bits per heavy atom. The predicted octanol–water partition coefficient (Wildman–Crippen LogP) is 3.39. The molecule has 0 saturated carbocycles. The fourth-order valence-electron chi connectivity index (χ4n) is 4.04. The Morgan fingerprint density at radius 2 is 1.94 bits per heavy atom. The van der Waals surface area contributed by atoms with Gasteiger partial charge in [0.05, 0.1) is 11.8 Å². The maximum absolute atomic E-state index is 13.3. The van der Waals surface area contributed by atoms with Gasteiger partial charge in [0.15, 0.2) is 0 Å². The van der Waals surface area contributed by atoms with Crippen LogP contribution in [0.5, 0.6) is 0 Å². The molecule has 2 aliphatic heterocycles. The van der Waals surface area contributed by atoms with Gasteiger partial charge in [-0.2, -0.15) is 0 Å². The van der Waals surface area contributed by atoms with Gasteiger partial charge in [-0.05, 0) is 54.8 Å². The summed E-state index contributed by atoms with van der Waals surface area (Å²) in [5.74, 6) is -0.204. The molecule has 0 aliphatic carbocycles. The lowest BCUT2D eigenvalue weighted by Gasteiger charge is -2.26. The van der Waals surface area contributed by atoms with Crippen LogP contribution in [0, 0.1) is 12.7 Å². The number of carbonyl (C=O) groups is 3. The molecule has 4 rings (SSSR count). The standard InChI is InChI=1S/C22H22FN3O4S/c1-13-10-15(20(28)25-9-8-17(11-25)24-22(29)30)4-7-18(13)26-19(27)12-31-21(26)14-2-5-16(23)6-3-14/h2-7,10,17,21,24H,8-9,11-12H2,1H3,(H,29,30). The number of anilines is 1. The number of rotatable bonds is 4. The van der Waals surface area contributed by atoms with E-state index in [1.54, 1.807) is 40.1 Å². The second-order valence-corrected chi connectivity index (χ2v) is 8.73. The molecule has 3 amide bonds. The van der Waals surface area contributed by atoms with E-state index >= 15 is 0 Å². The highest BCUT2D eigenvalue weighted by molar-refractivity contribution is 8.00. The van der Waals surface area contributed by atoms with Crippen molar-refractivity contribution in [3.8, 4) is 0 Å². The highest BCUT2D eigenvalue weighted by Crippen LogP contribution is 2.43. The van der Waals surface area contributed by atoms with Crippen molar-refractivity contribution in [3.05, 3.63) is 65.0 Å². The third-order valence-electron chi connectivity index (χ3n) is 5.53. The van der Waals surface area contributed by atoms with E-state index in [-0.39, 0.29) is 29.0 Å². The number of carbonyl (C=O) groups excluding carboxylic acids is 2. The number of carboxylic acid groups (broad SMARTS) is 1. The molecule has 2 fully saturated rings. The molecule has 0 radical (unpaired) electrons. The summed E-state index contributed by atoms with van der Waals surface area (Å²) < 4.78 is 13.3. The van der Waals surface area contributed by atoms with Crippen molar-refractivity contribution in [1.82, 2.24) is 10.2 Å². The highest BCUT2D eigenvalue weighted by Gasteiger charge is 2.35. The van der Waals surface area contributed by atoms with E-state index in [1.165, 1.54) is 23.9 Å². The average molecular weight is 444 g/mol. The van der Waals surface area contributed by atoms with Crippen LogP contribution in [0.4, 0.5) is 14.9 Å². The number of likely N-dealkylation sites (tertiary alicyclic amines) is 1. The molecular formula is C22H22FN3O4S. The van der Waals surface area contributed by atoms with Crippen LogP contribution in [0.1, 0.15) is 33.3 Å². The van der Waals surface area contributed by atoms with Gasteiger partial charge in [0.2, 0.25) is 5.91 Å². The van der Waals surface area contributed by atoms with Gasteiger partial charge in [0.1, 0.15) is 11.2 Å². The number of nitrogens with zero attached hydrogens (tertiary/aromatic N) is 2. The number of benzene rings is 2. The van der Waals surface area contributed by atoms with Gasteiger partial charge in [0.25, 0.3) is 5.91 Å². The first-order valence-corrected chi connectivity index (χ1v) is 11.0. The summed E-state index contributed by atoms with van der Waals surface area (Å²) >= 11 is 1.48. The van der Waals surface area contributed by atoms with Crippen molar-refractivity contribution in [2.75, 3.05) is 23.7 Å². The fraction of sp³-hybridized carbons (Fsp3) is 0.318. The molecule has 0 bridgehead atoms. The van der Waals surface area contributed by atoms with Crippen molar-refractivity contribution >= 4 is 35.4 Å². The first-order chi connectivity index (χ1) is 14.8. The maximum atomic E-state index is 13.3. The SMILES string of the molecule is Cc1cc(C(=O)N2CCC(NC(=O)O)C2)ccc1N1C(=O)CSC1c1ccc(F)cc1. The molecule has 31 heavy (non-hydrogen) atoms. The van der Waals surface area contributed by atoms with Gasteiger partial charge in [-0.1, -0.05) is 12.1 Å². The van der Waals surface area contributed by atoms with Crippen molar-refractivity contribution in [2.24, 2.45) is 0 Å². The van der Waals surface area contributed by atoms with E-state index in [0.717, 1.165) is 11.1 Å². The fourth-order valence-corrected chi connectivity index (χ4v) is 5.21. The van der Waals surface area contributed by atoms with Crippen molar-refractivity contribution in [1.29, 1.82) is 0 Å². The summed E-state index contributed by atoms with van der Waals surface area (Å²) in [7, 11) is 0. The second kappa shape index (κ2) is 8.58. The molecule has 7 nitrogen and oxygen atoms in total. The van der Waals surface area contributed by atoms with E-state index in [2.05, 4.69) is 5.32 Å². The maximum Gasteiger partial charge on any atom is 0.404 e. The normalized spacial score (nSPS) is 20.9. The molecule has 2 unspecified atom stereocenters. The Balaban J connectivity index is 1.54. The zero-order valence-electron chi connectivity index (χ0n) is 16.9. The molecule has 2 aromatic rings. The molecule has 0 spiro atoms. The van der Waals surface area contributed by atoms with Crippen LogP contribution < -0.4 is 10.2 Å². The van der Waals surface area contributed by atoms with E-state index in [1.807, 2.05) is 6.92 Å². The van der Waals surface area contributed by atoms with E-state index in [0.29, 0.717) is 36.5 Å². The number of halogens is 1. The van der Waals surface area contributed by atoms with Crippen molar-refractivity contribution in [2.45, 2.75) is 24.8 Å². The zero-order chi connectivity index (χ0) is 22.1. The van der Waals surface area contributed by atoms with Crippen LogP contribution in [0.3, 0.4) is 0 Å². The van der Waals surface area contributed by atoms with Gasteiger partial charge < -0.3 is 15.3 Å². The van der Waals surface area contributed by atoms with Gasteiger partial charge >= 0.3 is 6.09 Å². The topological polar surface area (TPSA) is 89.9 Å². The monoisotopic (exact) mass is 443 g/mol. The van der Waals surface area contributed by atoms with Gasteiger partial charge in [-0.15, -0.1) is 11.8 Å². The van der Waals surface area contributed by atoms with E-state index < -0.39 is 6.09 Å². The molecule has 2 atom stereocenters. The summed E-state index contributed by atoms with van der Waals surface area (Å²) in [4.78, 5) is 39.7. The Kier molecular flexibility index (Phi) is 5.86. The van der Waals surface area contributed by atoms with Crippen molar-refractivity contribution < 1.29 is 23.9 Å². The molecule has 2 heterocycles. The lowest BCUT2D eigenvalue weighted by atomic mass is 10.1. The van der Waals surface area contributed by atoms with Crippen LogP contribution in [0.25, 0.3) is 0 Å². The van der Waals surface area contributed by atoms with E-state index in [4.69, 9.17) is 5.11 Å². The molecule has 2 saturated heterocycles. The Labute approximate surface area is 183 Å². The number of amides is 3. The number of hydrogen-bond donors (Lipinski definition) is 2. The highest BCUT2D eigenvalue weighted by atomic mass is 32.2. The van der Waals surface area contributed by atoms with Gasteiger partial charge in [0, 0.05) is 24.3 Å². The van der Waals surface area contributed by atoms with Gasteiger partial charge in [-0.3, -0.25) is 14.5 Å². The molecular weight excluding hydrogens is 421 g/mol. The largest absolute Gasteiger partial charge is 0.465 e. The minimum atomic E-state index is -1.09. The second-order valence-electron chi connectivity index (χ2n) is 7.67. The summed E-state index contributed by atoms with van der Waals surface area (Å²) in [5, 5.41) is 11.0. The predicted molar refractivity (Wildman–Crippen MR) is 116 cm³/mol. The van der Waals surface area contributed by atoms with Gasteiger partial charge in [-0.25, -0.2) is 9.18 Å². The quantitative estimate of drug-likeness (QED) is 0.756. The smallest absolute Gasteiger partial charge is 0.404 e. The molecule has 0 aromatic heterocycles. The minimum absolute atomic E-state index is 0.0383. The zero-order valence-corrected chi connectivity index (χ0v) is 17.7. The van der Waals surface area contributed by atoms with Crippen LogP contribution >= 0.6 is 11.8 Å². The third kappa shape index (κ3) is 4.36. The van der Waals surface area contributed by atoms with Crippen molar-refractivity contribution in [3.63, 3.8) is 0 Å². The number of thioether (sulfide) groups is 1. The van der Waals surface area contributed by atoms with Crippen LogP contribution in [-0.2, 0) is 4.79 Å². The van der Waals surface area contributed by atoms with E-state index in [9.17, 15) is 18.8 Å². The Morgan fingerprint density at radius 3 is 2.61 bits per heavy atom. The molecule has 2 aromatic carbocycles. The number of nitrogens with one attached hydrogen (secondary N) is 1. The first kappa shape index (κ1) is 21.2. The molecule has 2 N–H and O–H groups in total. The summed E-state index contributed by atoms with van der Waals surface area (Å²) in [5.41, 5.74) is 2.83. The summed E-state index contributed by atoms with van der Waals surface area (Å²) in [6.07, 6.45) is -0.517. The third-order valence-corrected chi connectivity index (χ3v) is 6.74. The molecule has 162 valence electrons. The lowest BCUT2D eigenvalue weighted by Crippen LogP contribution is -2.37. The Hall–Kier alpha value is -3.07. The van der Waals surface area contributed by atoms with Crippen LogP contribution in [-0.4, -0.2) is 52.8 Å². The van der Waals surface area contributed by atoms with Crippen LogP contribution in [0.2, 0.25) is 0 Å². The number of hydrogen-bond acceptors (Lipinski definition) is 4. The summed E-state index contributed by atoms with van der Waals surface area (Å²) in [6.45, 7) is 2.67.